The Morgan fingerprint density at radius 2 is 1.68 bits per heavy atom. The molecule has 0 aliphatic carbocycles. The lowest BCUT2D eigenvalue weighted by Crippen LogP contribution is -2.11. The molecule has 0 spiro atoms. The van der Waals surface area contributed by atoms with Gasteiger partial charge in [-0.2, -0.15) is 0 Å². The average molecular weight is 254 g/mol. The molecule has 0 bridgehead atoms. The molecule has 100 valence electrons. The van der Waals surface area contributed by atoms with Crippen LogP contribution < -0.4 is 0 Å². The van der Waals surface area contributed by atoms with E-state index in [0.29, 0.717) is 0 Å². The van der Waals surface area contributed by atoms with E-state index in [0.717, 1.165) is 17.5 Å². The van der Waals surface area contributed by atoms with Gasteiger partial charge in [0.2, 0.25) is 0 Å². The van der Waals surface area contributed by atoms with Gasteiger partial charge in [0.05, 0.1) is 6.10 Å². The summed E-state index contributed by atoms with van der Waals surface area (Å²) in [6.45, 7) is 6.26. The molecule has 0 aromatic heterocycles. The second kappa shape index (κ2) is 6.03. The molecule has 0 saturated carbocycles. The van der Waals surface area contributed by atoms with Gasteiger partial charge < -0.3 is 5.11 Å². The first-order chi connectivity index (χ1) is 9.13. The quantitative estimate of drug-likeness (QED) is 0.849. The molecular formula is C18H22O. The van der Waals surface area contributed by atoms with E-state index in [1.807, 2.05) is 18.2 Å². The molecule has 0 aliphatic heterocycles. The van der Waals surface area contributed by atoms with Crippen molar-refractivity contribution >= 4 is 0 Å². The van der Waals surface area contributed by atoms with E-state index in [9.17, 15) is 5.11 Å². The van der Waals surface area contributed by atoms with Crippen molar-refractivity contribution in [2.24, 2.45) is 0 Å². The Labute approximate surface area is 115 Å². The fourth-order valence-electron chi connectivity index (χ4n) is 2.64. The van der Waals surface area contributed by atoms with Crippen molar-refractivity contribution in [3.63, 3.8) is 0 Å². The molecule has 2 atom stereocenters. The third-order valence-corrected chi connectivity index (χ3v) is 3.80. The largest absolute Gasteiger partial charge is 0.388 e. The molecule has 2 aromatic rings. The zero-order valence-corrected chi connectivity index (χ0v) is 11.9. The maximum absolute atomic E-state index is 10.7. The normalized spacial score (nSPS) is 14.1. The summed E-state index contributed by atoms with van der Waals surface area (Å²) in [4.78, 5) is 0. The summed E-state index contributed by atoms with van der Waals surface area (Å²) in [5.41, 5.74) is 4.61. The van der Waals surface area contributed by atoms with Crippen molar-refractivity contribution in [2.45, 2.75) is 39.2 Å². The molecule has 2 rings (SSSR count). The minimum Gasteiger partial charge on any atom is -0.388 e. The van der Waals surface area contributed by atoms with E-state index in [4.69, 9.17) is 0 Å². The second-order valence-electron chi connectivity index (χ2n) is 5.23. The molecule has 0 fully saturated rings. The van der Waals surface area contributed by atoms with Crippen LogP contribution in [0.1, 0.15) is 47.6 Å². The zero-order chi connectivity index (χ0) is 13.8. The third kappa shape index (κ3) is 3.05. The minimum absolute atomic E-state index is 0.154. The van der Waals surface area contributed by atoms with Gasteiger partial charge in [-0.15, -0.1) is 0 Å². The highest BCUT2D eigenvalue weighted by Crippen LogP contribution is 2.35. The zero-order valence-electron chi connectivity index (χ0n) is 11.9. The van der Waals surface area contributed by atoms with Crippen molar-refractivity contribution in [3.05, 3.63) is 70.8 Å². The lowest BCUT2D eigenvalue weighted by atomic mass is 9.85. The SMILES string of the molecule is CCC(c1ccccc1)C(O)c1cc(C)ccc1C. The van der Waals surface area contributed by atoms with E-state index in [-0.39, 0.29) is 5.92 Å². The Morgan fingerprint density at radius 1 is 1.00 bits per heavy atom. The minimum atomic E-state index is -0.438. The molecular weight excluding hydrogens is 232 g/mol. The summed E-state index contributed by atoms with van der Waals surface area (Å²) in [5, 5.41) is 10.7. The van der Waals surface area contributed by atoms with Crippen LogP contribution in [0.2, 0.25) is 0 Å². The second-order valence-corrected chi connectivity index (χ2v) is 5.23. The van der Waals surface area contributed by atoms with Crippen LogP contribution in [0.5, 0.6) is 0 Å². The van der Waals surface area contributed by atoms with Crippen LogP contribution in [0, 0.1) is 13.8 Å². The first-order valence-electron chi connectivity index (χ1n) is 6.93. The molecule has 0 amide bonds. The Hall–Kier alpha value is -1.60. The Morgan fingerprint density at radius 3 is 2.32 bits per heavy atom. The van der Waals surface area contributed by atoms with E-state index in [1.165, 1.54) is 11.1 Å². The van der Waals surface area contributed by atoms with Crippen LogP contribution in [0.3, 0.4) is 0 Å². The molecule has 19 heavy (non-hydrogen) atoms. The lowest BCUT2D eigenvalue weighted by molar-refractivity contribution is 0.142. The van der Waals surface area contributed by atoms with E-state index >= 15 is 0 Å². The monoisotopic (exact) mass is 254 g/mol. The first-order valence-corrected chi connectivity index (χ1v) is 6.93. The average Bonchev–Trinajstić information content (AvgIpc) is 2.43. The summed E-state index contributed by atoms with van der Waals surface area (Å²) in [7, 11) is 0. The summed E-state index contributed by atoms with van der Waals surface area (Å²) < 4.78 is 0. The highest BCUT2D eigenvalue weighted by atomic mass is 16.3. The number of rotatable bonds is 4. The summed E-state index contributed by atoms with van der Waals surface area (Å²) in [6, 6.07) is 16.6. The van der Waals surface area contributed by atoms with Gasteiger partial charge in [0.25, 0.3) is 0 Å². The van der Waals surface area contributed by atoms with Gasteiger partial charge in [0.15, 0.2) is 0 Å². The highest BCUT2D eigenvalue weighted by molar-refractivity contribution is 5.35. The van der Waals surface area contributed by atoms with Crippen LogP contribution in [0.15, 0.2) is 48.5 Å². The van der Waals surface area contributed by atoms with E-state index in [2.05, 4.69) is 51.1 Å². The Bertz CT molecular complexity index is 531. The molecule has 0 aliphatic rings. The van der Waals surface area contributed by atoms with Gasteiger partial charge in [-0.05, 0) is 37.0 Å². The molecule has 2 unspecified atom stereocenters. The molecule has 0 radical (unpaired) electrons. The van der Waals surface area contributed by atoms with Gasteiger partial charge in [0, 0.05) is 5.92 Å². The lowest BCUT2D eigenvalue weighted by Gasteiger charge is -2.24. The Balaban J connectivity index is 2.36. The van der Waals surface area contributed by atoms with Gasteiger partial charge in [-0.25, -0.2) is 0 Å². The van der Waals surface area contributed by atoms with Crippen LogP contribution in [0.4, 0.5) is 0 Å². The highest BCUT2D eigenvalue weighted by Gasteiger charge is 2.22. The number of aryl methyl sites for hydroxylation is 2. The molecule has 1 heteroatoms. The standard InChI is InChI=1S/C18H22O/c1-4-16(15-8-6-5-7-9-15)18(19)17-12-13(2)10-11-14(17)3/h5-12,16,18-19H,4H2,1-3H3. The van der Waals surface area contributed by atoms with Gasteiger partial charge in [-0.1, -0.05) is 61.0 Å². The summed E-state index contributed by atoms with van der Waals surface area (Å²) >= 11 is 0. The van der Waals surface area contributed by atoms with Gasteiger partial charge in [-0.3, -0.25) is 0 Å². The molecule has 0 saturated heterocycles. The van der Waals surface area contributed by atoms with Crippen molar-refractivity contribution in [1.82, 2.24) is 0 Å². The molecule has 2 aromatic carbocycles. The predicted octanol–water partition coefficient (Wildman–Crippen LogP) is 4.53. The fourth-order valence-corrected chi connectivity index (χ4v) is 2.64. The summed E-state index contributed by atoms with van der Waals surface area (Å²) in [6.07, 6.45) is 0.491. The number of hydrogen-bond acceptors (Lipinski definition) is 1. The molecule has 1 N–H and O–H groups in total. The molecule has 1 nitrogen and oxygen atoms in total. The van der Waals surface area contributed by atoms with E-state index < -0.39 is 6.10 Å². The van der Waals surface area contributed by atoms with Gasteiger partial charge >= 0.3 is 0 Å². The predicted molar refractivity (Wildman–Crippen MR) is 80.3 cm³/mol. The maximum atomic E-state index is 10.7. The number of benzene rings is 2. The van der Waals surface area contributed by atoms with Crippen molar-refractivity contribution in [2.75, 3.05) is 0 Å². The maximum Gasteiger partial charge on any atom is 0.0861 e. The first kappa shape index (κ1) is 13.8. The van der Waals surface area contributed by atoms with Crippen LogP contribution in [-0.4, -0.2) is 5.11 Å². The topological polar surface area (TPSA) is 20.2 Å². The van der Waals surface area contributed by atoms with Gasteiger partial charge in [0.1, 0.15) is 0 Å². The fraction of sp³-hybridized carbons (Fsp3) is 0.333. The van der Waals surface area contributed by atoms with Crippen LogP contribution in [0.25, 0.3) is 0 Å². The molecule has 0 heterocycles. The smallest absolute Gasteiger partial charge is 0.0861 e. The van der Waals surface area contributed by atoms with E-state index in [1.54, 1.807) is 0 Å². The van der Waals surface area contributed by atoms with Crippen LogP contribution >= 0.6 is 0 Å². The van der Waals surface area contributed by atoms with Crippen molar-refractivity contribution < 1.29 is 5.11 Å². The third-order valence-electron chi connectivity index (χ3n) is 3.80. The summed E-state index contributed by atoms with van der Waals surface area (Å²) in [5.74, 6) is 0.154. The Kier molecular flexibility index (Phi) is 4.39. The van der Waals surface area contributed by atoms with Crippen LogP contribution in [-0.2, 0) is 0 Å². The van der Waals surface area contributed by atoms with Crippen molar-refractivity contribution in [3.8, 4) is 0 Å². The number of aliphatic hydroxyl groups is 1. The van der Waals surface area contributed by atoms with Crippen molar-refractivity contribution in [1.29, 1.82) is 0 Å². The number of aliphatic hydroxyl groups excluding tert-OH is 1. The number of hydrogen-bond donors (Lipinski definition) is 1.